The molecule has 0 bridgehead atoms. The van der Waals surface area contributed by atoms with Crippen molar-refractivity contribution in [2.75, 3.05) is 17.6 Å². The number of anilines is 2. The highest BCUT2D eigenvalue weighted by molar-refractivity contribution is 6.00. The molecule has 1 heterocycles. The summed E-state index contributed by atoms with van der Waals surface area (Å²) in [6, 6.07) is 1.51. The Morgan fingerprint density at radius 3 is 2.48 bits per heavy atom. The molecule has 7 nitrogen and oxygen atoms in total. The van der Waals surface area contributed by atoms with E-state index >= 15 is 0 Å². The van der Waals surface area contributed by atoms with Crippen LogP contribution in [0, 0.1) is 17.5 Å². The third kappa shape index (κ3) is 3.73. The van der Waals surface area contributed by atoms with Gasteiger partial charge in [-0.15, -0.1) is 0 Å². The molecule has 0 saturated carbocycles. The number of carbonyl (C=O) groups is 2. The maximum absolute atomic E-state index is 13.4. The fourth-order valence-corrected chi connectivity index (χ4v) is 1.58. The summed E-state index contributed by atoms with van der Waals surface area (Å²) in [5, 5.41) is 4.18. The molecule has 4 N–H and O–H groups in total. The minimum absolute atomic E-state index is 0.128. The lowest BCUT2D eigenvalue weighted by Gasteiger charge is -2.08. The second-order valence-electron chi connectivity index (χ2n) is 4.24. The van der Waals surface area contributed by atoms with E-state index in [1.165, 1.54) is 12.4 Å². The smallest absolute Gasteiger partial charge is 0.274 e. The van der Waals surface area contributed by atoms with Crippen molar-refractivity contribution in [2.45, 2.75) is 0 Å². The van der Waals surface area contributed by atoms with Crippen LogP contribution in [0.3, 0.4) is 0 Å². The van der Waals surface area contributed by atoms with Crippen molar-refractivity contribution >= 4 is 23.3 Å². The highest BCUT2D eigenvalue weighted by atomic mass is 19.2. The van der Waals surface area contributed by atoms with E-state index in [1.54, 1.807) is 0 Å². The number of nitrogen functional groups attached to an aromatic ring is 1. The van der Waals surface area contributed by atoms with Crippen LogP contribution in [-0.4, -0.2) is 28.3 Å². The molecule has 0 aliphatic carbocycles. The first-order valence-corrected chi connectivity index (χ1v) is 6.18. The van der Waals surface area contributed by atoms with E-state index in [4.69, 9.17) is 5.73 Å². The number of halogens is 3. The average molecular weight is 325 g/mol. The Morgan fingerprint density at radius 2 is 1.78 bits per heavy atom. The number of nitrogens with one attached hydrogen (secondary N) is 2. The van der Waals surface area contributed by atoms with Crippen molar-refractivity contribution in [3.05, 3.63) is 47.7 Å². The molecule has 1 aromatic carbocycles. The Bertz CT molecular complexity index is 769. The first kappa shape index (κ1) is 16.2. The first-order valence-electron chi connectivity index (χ1n) is 6.18. The third-order valence-electron chi connectivity index (χ3n) is 2.66. The molecule has 1 aromatic heterocycles. The molecule has 0 aliphatic rings. The van der Waals surface area contributed by atoms with Crippen LogP contribution in [0.25, 0.3) is 0 Å². The summed E-state index contributed by atoms with van der Waals surface area (Å²) in [7, 11) is 0. The van der Waals surface area contributed by atoms with Gasteiger partial charge in [-0.3, -0.25) is 9.59 Å². The molecule has 0 unspecified atom stereocenters. The maximum Gasteiger partial charge on any atom is 0.274 e. The van der Waals surface area contributed by atoms with Gasteiger partial charge in [-0.2, -0.15) is 0 Å². The zero-order valence-electron chi connectivity index (χ0n) is 11.4. The van der Waals surface area contributed by atoms with Gasteiger partial charge in [0, 0.05) is 12.4 Å². The lowest BCUT2D eigenvalue weighted by atomic mass is 10.2. The van der Waals surface area contributed by atoms with E-state index < -0.39 is 41.5 Å². The van der Waals surface area contributed by atoms with E-state index in [-0.39, 0.29) is 11.5 Å². The molecule has 2 rings (SSSR count). The predicted octanol–water partition coefficient (Wildman–Crippen LogP) is 0.845. The topological polar surface area (TPSA) is 110 Å². The second kappa shape index (κ2) is 6.73. The van der Waals surface area contributed by atoms with E-state index in [9.17, 15) is 22.8 Å². The van der Waals surface area contributed by atoms with Crippen molar-refractivity contribution in [3.8, 4) is 0 Å². The van der Waals surface area contributed by atoms with Crippen molar-refractivity contribution in [1.29, 1.82) is 0 Å². The van der Waals surface area contributed by atoms with Crippen LogP contribution in [0.4, 0.5) is 24.7 Å². The third-order valence-corrected chi connectivity index (χ3v) is 2.66. The minimum atomic E-state index is -1.71. The first-order chi connectivity index (χ1) is 10.9. The van der Waals surface area contributed by atoms with Crippen LogP contribution in [0.15, 0.2) is 24.5 Å². The van der Waals surface area contributed by atoms with Crippen LogP contribution < -0.4 is 16.4 Å². The summed E-state index contributed by atoms with van der Waals surface area (Å²) in [5.74, 6) is -6.38. The molecular weight excluding hydrogens is 315 g/mol. The molecule has 120 valence electrons. The zero-order valence-corrected chi connectivity index (χ0v) is 11.4. The number of amides is 2. The van der Waals surface area contributed by atoms with Gasteiger partial charge in [-0.25, -0.2) is 23.1 Å². The summed E-state index contributed by atoms with van der Waals surface area (Å²) in [6.45, 7) is -0.562. The van der Waals surface area contributed by atoms with Gasteiger partial charge >= 0.3 is 0 Å². The Kier molecular flexibility index (Phi) is 4.74. The predicted molar refractivity (Wildman–Crippen MR) is 73.7 cm³/mol. The number of benzene rings is 1. The number of nitrogens with zero attached hydrogens (tertiary/aromatic N) is 2. The Balaban J connectivity index is 1.97. The number of hydrogen-bond donors (Lipinski definition) is 3. The van der Waals surface area contributed by atoms with Gasteiger partial charge in [0.25, 0.3) is 5.91 Å². The number of aromatic nitrogens is 2. The largest absolute Gasteiger partial charge is 0.382 e. The van der Waals surface area contributed by atoms with Crippen molar-refractivity contribution < 1.29 is 22.8 Å². The Labute approximate surface area is 127 Å². The van der Waals surface area contributed by atoms with E-state index in [2.05, 4.69) is 15.3 Å². The van der Waals surface area contributed by atoms with Gasteiger partial charge in [0.05, 0.1) is 12.2 Å². The molecule has 23 heavy (non-hydrogen) atoms. The molecule has 0 aliphatic heterocycles. The van der Waals surface area contributed by atoms with E-state index in [1.807, 2.05) is 5.32 Å². The monoisotopic (exact) mass is 325 g/mol. The quantitative estimate of drug-likeness (QED) is 0.722. The van der Waals surface area contributed by atoms with Crippen LogP contribution >= 0.6 is 0 Å². The molecule has 0 saturated heterocycles. The average Bonchev–Trinajstić information content (AvgIpc) is 2.53. The molecular formula is C13H10F3N5O2. The van der Waals surface area contributed by atoms with Crippen LogP contribution in [0.5, 0.6) is 0 Å². The van der Waals surface area contributed by atoms with Crippen molar-refractivity contribution in [1.82, 2.24) is 15.3 Å². The van der Waals surface area contributed by atoms with Gasteiger partial charge in [0.1, 0.15) is 0 Å². The molecule has 2 amide bonds. The standard InChI is InChI=1S/C13H10F3N5O2/c14-6-1-2-7(10(16)9(6)15)21-8(22)5-20-13(23)11-12(17)19-4-3-18-11/h1-4H,5H2,(H2,17,19)(H,20,23)(H,21,22). The lowest BCUT2D eigenvalue weighted by molar-refractivity contribution is -0.115. The summed E-state index contributed by atoms with van der Waals surface area (Å²) < 4.78 is 39.2. The molecule has 0 atom stereocenters. The second-order valence-corrected chi connectivity index (χ2v) is 4.24. The normalized spacial score (nSPS) is 10.2. The Hall–Kier alpha value is -3.17. The molecule has 0 fully saturated rings. The maximum atomic E-state index is 13.4. The number of hydrogen-bond acceptors (Lipinski definition) is 5. The highest BCUT2D eigenvalue weighted by Crippen LogP contribution is 2.19. The summed E-state index contributed by atoms with van der Waals surface area (Å²) in [4.78, 5) is 30.7. The highest BCUT2D eigenvalue weighted by Gasteiger charge is 2.17. The van der Waals surface area contributed by atoms with Gasteiger partial charge < -0.3 is 16.4 Å². The van der Waals surface area contributed by atoms with Gasteiger partial charge in [-0.05, 0) is 12.1 Å². The fourth-order valence-electron chi connectivity index (χ4n) is 1.58. The zero-order chi connectivity index (χ0) is 17.0. The lowest BCUT2D eigenvalue weighted by Crippen LogP contribution is -2.34. The van der Waals surface area contributed by atoms with Gasteiger partial charge in [0.15, 0.2) is 29.0 Å². The van der Waals surface area contributed by atoms with Gasteiger partial charge in [-0.1, -0.05) is 0 Å². The fraction of sp³-hybridized carbons (Fsp3) is 0.0769. The molecule has 10 heteroatoms. The van der Waals surface area contributed by atoms with Crippen molar-refractivity contribution in [3.63, 3.8) is 0 Å². The van der Waals surface area contributed by atoms with Crippen LogP contribution in [-0.2, 0) is 4.79 Å². The SMILES string of the molecule is Nc1nccnc1C(=O)NCC(=O)Nc1ccc(F)c(F)c1F. The van der Waals surface area contributed by atoms with Gasteiger partial charge in [0.2, 0.25) is 5.91 Å². The van der Waals surface area contributed by atoms with E-state index in [0.29, 0.717) is 6.07 Å². The summed E-state index contributed by atoms with van der Waals surface area (Å²) >= 11 is 0. The van der Waals surface area contributed by atoms with E-state index in [0.717, 1.165) is 6.07 Å². The summed E-state index contributed by atoms with van der Waals surface area (Å²) in [5.41, 5.74) is 4.71. The number of carbonyl (C=O) groups excluding carboxylic acids is 2. The van der Waals surface area contributed by atoms with Crippen LogP contribution in [0.1, 0.15) is 10.5 Å². The Morgan fingerprint density at radius 1 is 1.09 bits per heavy atom. The van der Waals surface area contributed by atoms with Crippen LogP contribution in [0.2, 0.25) is 0 Å². The molecule has 0 radical (unpaired) electrons. The molecule has 2 aromatic rings. The number of rotatable bonds is 4. The minimum Gasteiger partial charge on any atom is -0.382 e. The summed E-state index contributed by atoms with van der Waals surface area (Å²) in [6.07, 6.45) is 2.52. The molecule has 0 spiro atoms. The van der Waals surface area contributed by atoms with Crippen molar-refractivity contribution in [2.24, 2.45) is 0 Å². The number of nitrogens with two attached hydrogens (primary N) is 1.